The van der Waals surface area contributed by atoms with Gasteiger partial charge < -0.3 is 14.3 Å². The van der Waals surface area contributed by atoms with E-state index in [2.05, 4.69) is 137 Å². The highest BCUT2D eigenvalue weighted by Crippen LogP contribution is 2.50. The zero-order valence-corrected chi connectivity index (χ0v) is 37.9. The maximum atomic E-state index is 15.3. The van der Waals surface area contributed by atoms with Gasteiger partial charge in [0.05, 0.1) is 34.2 Å². The number of unbranched alkanes of at least 4 members (excludes halogenated alkanes) is 2. The number of halogens is 3. The highest BCUT2D eigenvalue weighted by molar-refractivity contribution is 14.1. The first-order chi connectivity index (χ1) is 29.9. The van der Waals surface area contributed by atoms with Crippen molar-refractivity contribution in [1.82, 2.24) is 4.48 Å². The number of anilines is 4. The minimum absolute atomic E-state index is 0.410. The molecule has 4 heterocycles. The molecule has 0 spiro atoms. The van der Waals surface area contributed by atoms with E-state index in [-0.39, 0.29) is 0 Å². The van der Waals surface area contributed by atoms with Crippen LogP contribution in [-0.2, 0) is 0 Å². The van der Waals surface area contributed by atoms with E-state index in [1.54, 1.807) is 41.7 Å². The monoisotopic (exact) mass is 952 g/mol. The summed E-state index contributed by atoms with van der Waals surface area (Å²) in [5.41, 5.74) is 10.7. The van der Waals surface area contributed by atoms with Gasteiger partial charge in [-0.2, -0.15) is 0 Å². The number of hydrogen-bond acceptors (Lipinski definition) is 5. The second-order valence-corrected chi connectivity index (χ2v) is 18.6. The number of aliphatic imine (C=N–C) groups is 1. The Hall–Kier alpha value is -5.04. The zero-order chi connectivity index (χ0) is 41.9. The Morgan fingerprint density at radius 3 is 1.75 bits per heavy atom. The summed E-state index contributed by atoms with van der Waals surface area (Å²) >= 11 is 5.84. The minimum Gasteiger partial charge on any atom is -0.340 e. The number of aromatic nitrogens is 1. The first-order valence-electron chi connectivity index (χ1n) is 20.9. The van der Waals surface area contributed by atoms with Crippen LogP contribution in [0.1, 0.15) is 67.6 Å². The third-order valence-corrected chi connectivity index (χ3v) is 14.1. The van der Waals surface area contributed by atoms with Crippen molar-refractivity contribution in [1.29, 1.82) is 0 Å². The number of fused-ring (bicyclic) bond motifs is 4. The van der Waals surface area contributed by atoms with Crippen LogP contribution in [0.3, 0.4) is 0 Å². The number of rotatable bonds is 13. The molecule has 3 aliphatic heterocycles. The molecule has 0 radical (unpaired) electrons. The van der Waals surface area contributed by atoms with Crippen LogP contribution in [0.25, 0.3) is 23.8 Å². The smallest absolute Gasteiger partial charge is 0.340 e. The number of benzene rings is 5. The van der Waals surface area contributed by atoms with Crippen molar-refractivity contribution in [3.63, 3.8) is 0 Å². The van der Waals surface area contributed by atoms with E-state index in [4.69, 9.17) is 4.99 Å². The molecule has 61 heavy (non-hydrogen) atoms. The average Bonchev–Trinajstić information content (AvgIpc) is 3.93. The van der Waals surface area contributed by atoms with Crippen molar-refractivity contribution in [2.75, 3.05) is 22.9 Å². The highest BCUT2D eigenvalue weighted by Gasteiger charge is 2.28. The first-order valence-corrected chi connectivity index (χ1v) is 23.6. The molecule has 304 valence electrons. The molecule has 0 N–H and O–H groups in total. The van der Waals surface area contributed by atoms with Crippen molar-refractivity contribution in [3.05, 3.63) is 177 Å². The molecule has 0 fully saturated rings. The zero-order valence-electron chi connectivity index (χ0n) is 34.1. The Kier molecular flexibility index (Phi) is 12.5. The van der Waals surface area contributed by atoms with Gasteiger partial charge >= 0.3 is 7.40 Å². The molecule has 9 rings (SSSR count). The predicted molar refractivity (Wildman–Crippen MR) is 265 cm³/mol. The Bertz CT molecular complexity index is 2750. The Balaban J connectivity index is 1.02. The lowest BCUT2D eigenvalue weighted by Gasteiger charge is -2.33. The van der Waals surface area contributed by atoms with Crippen LogP contribution in [0.4, 0.5) is 31.4 Å². The van der Waals surface area contributed by atoms with E-state index >= 15 is 8.63 Å². The summed E-state index contributed by atoms with van der Waals surface area (Å²) in [6.45, 7) is 6.36. The largest absolute Gasteiger partial charge is 0.678 e. The molecular weight excluding hydrogens is 908 g/mol. The molecule has 0 aliphatic carbocycles. The van der Waals surface area contributed by atoms with Crippen LogP contribution in [-0.4, -0.2) is 30.7 Å². The third kappa shape index (κ3) is 8.72. The van der Waals surface area contributed by atoms with Gasteiger partial charge in [0, 0.05) is 53.2 Å². The molecule has 0 bridgehead atoms. The van der Waals surface area contributed by atoms with Crippen LogP contribution < -0.4 is 9.80 Å². The molecule has 3 aliphatic rings. The molecule has 0 atom stereocenters. The summed E-state index contributed by atoms with van der Waals surface area (Å²) in [5, 5.41) is 0. The van der Waals surface area contributed by atoms with E-state index < -0.39 is 7.40 Å². The normalized spacial score (nSPS) is 14.9. The number of nitrogens with zero attached hydrogens (tertiary/aromatic N) is 4. The number of para-hydroxylation sites is 2. The lowest BCUT2D eigenvalue weighted by Crippen LogP contribution is -2.21. The van der Waals surface area contributed by atoms with Gasteiger partial charge in [-0.15, -0.1) is 0 Å². The lowest BCUT2D eigenvalue weighted by atomic mass is 9.99. The van der Waals surface area contributed by atoms with Gasteiger partial charge in [0.25, 0.3) is 0 Å². The van der Waals surface area contributed by atoms with Crippen LogP contribution in [0.5, 0.6) is 0 Å². The van der Waals surface area contributed by atoms with Crippen molar-refractivity contribution in [2.45, 2.75) is 59.1 Å². The molecule has 4 nitrogen and oxygen atoms in total. The summed E-state index contributed by atoms with van der Waals surface area (Å²) in [7, 11) is -2.77. The fourth-order valence-electron chi connectivity index (χ4n) is 8.06. The fourth-order valence-corrected chi connectivity index (χ4v) is 10.7. The van der Waals surface area contributed by atoms with Gasteiger partial charge in [-0.05, 0) is 149 Å². The fraction of sp³-hybridized carbons (Fsp3) is 0.157. The van der Waals surface area contributed by atoms with Gasteiger partial charge in [-0.25, -0.2) is 4.99 Å². The maximum Gasteiger partial charge on any atom is 0.678 e. The third-order valence-electron chi connectivity index (χ3n) is 11.1. The first kappa shape index (κ1) is 41.3. The topological polar surface area (TPSA) is 23.8 Å². The average molecular weight is 953 g/mol. The van der Waals surface area contributed by atoms with Gasteiger partial charge in [-0.1, -0.05) is 111 Å². The molecule has 1 aromatic heterocycles. The summed E-state index contributed by atoms with van der Waals surface area (Å²) < 4.78 is 32.8. The van der Waals surface area contributed by atoms with Crippen molar-refractivity contribution in [3.8, 4) is 0 Å². The summed E-state index contributed by atoms with van der Waals surface area (Å²) in [6, 6.07) is 41.7. The van der Waals surface area contributed by atoms with E-state index in [1.165, 1.54) is 37.4 Å². The van der Waals surface area contributed by atoms with E-state index in [9.17, 15) is 0 Å². The molecule has 10 heteroatoms. The Labute approximate surface area is 380 Å². The highest BCUT2D eigenvalue weighted by atomic mass is 127. The van der Waals surface area contributed by atoms with Crippen LogP contribution in [0.15, 0.2) is 170 Å². The molecule has 0 amide bonds. The molecule has 5 aromatic carbocycles. The summed E-state index contributed by atoms with van der Waals surface area (Å²) in [6.07, 6.45) is 16.2. The Morgan fingerprint density at radius 1 is 0.623 bits per heavy atom. The molecular formula is C51H44BF2IN4S2. The van der Waals surface area contributed by atoms with Crippen molar-refractivity contribution < 1.29 is 8.63 Å². The predicted octanol–water partition coefficient (Wildman–Crippen LogP) is 15.3. The second kappa shape index (κ2) is 18.5. The van der Waals surface area contributed by atoms with E-state index in [0.29, 0.717) is 22.7 Å². The van der Waals surface area contributed by atoms with Gasteiger partial charge in [0.15, 0.2) is 0 Å². The number of hydrogen-bond donors (Lipinski definition) is 0. The maximum absolute atomic E-state index is 15.3. The molecule has 0 saturated heterocycles. The Morgan fingerprint density at radius 2 is 1.18 bits per heavy atom. The van der Waals surface area contributed by atoms with E-state index in [0.717, 1.165) is 74.1 Å². The van der Waals surface area contributed by atoms with Gasteiger partial charge in [0.1, 0.15) is 0 Å². The quantitative estimate of drug-likeness (QED) is 0.0850. The molecule has 6 aromatic rings. The van der Waals surface area contributed by atoms with Crippen LogP contribution >= 0.6 is 46.1 Å². The van der Waals surface area contributed by atoms with Crippen LogP contribution in [0.2, 0.25) is 0 Å². The van der Waals surface area contributed by atoms with Gasteiger partial charge in [-0.3, -0.25) is 8.63 Å². The summed E-state index contributed by atoms with van der Waals surface area (Å²) in [4.78, 5) is 14.7. The van der Waals surface area contributed by atoms with Crippen molar-refractivity contribution in [2.24, 2.45) is 4.99 Å². The number of allylic oxidation sites excluding steroid dienone is 3. The lowest BCUT2D eigenvalue weighted by molar-refractivity contribution is 0.627. The van der Waals surface area contributed by atoms with E-state index in [1.807, 2.05) is 48.6 Å². The standard InChI is InChI=1S/C51H44BF2IN4S2/c1-3-5-31-57-42-11-7-9-13-47(42)60-49-33-35(17-28-44(49)57)15-23-39-24-27-41(56-39)51(37-19-21-38(55)22-20-37)46-30-26-40(59(46)52(53)54)25-16-36-18-29-45-50(34-36)61-48-14-10-8-12-43(48)58(45)32-6-4-2/h7-30,33-34H,3-6,31-32H2,1-2H3/b23-15+,25-16+,51-41-. The summed E-state index contributed by atoms with van der Waals surface area (Å²) in [5.74, 6) is 0. The van der Waals surface area contributed by atoms with Crippen molar-refractivity contribution >= 4 is 106 Å². The molecule has 0 unspecified atom stereocenters. The minimum atomic E-state index is -2.77. The SMILES string of the molecule is CCCCN1c2ccccc2Sc2cc(/C=C/C3=NC(=C(/c4ccc(I)cc4)c4ccc(/C=C/c5ccc6c(c5)Sc5ccccc5N6CCCC)n4B(F)F)/C=C3)ccc21. The second-order valence-electron chi connectivity index (χ2n) is 15.2. The van der Waals surface area contributed by atoms with Crippen LogP contribution in [0, 0.1) is 3.57 Å². The molecule has 0 saturated carbocycles. The van der Waals surface area contributed by atoms with Gasteiger partial charge in [0.2, 0.25) is 0 Å².